The first kappa shape index (κ1) is 17.8. The number of carbonyl (C=O) groups excluding carboxylic acids is 2. The Kier molecular flexibility index (Phi) is 4.84. The maximum absolute atomic E-state index is 12.6. The van der Waals surface area contributed by atoms with Crippen LogP contribution in [0.3, 0.4) is 0 Å². The Morgan fingerprint density at radius 2 is 2.08 bits per heavy atom. The van der Waals surface area contributed by atoms with E-state index < -0.39 is 17.4 Å². The van der Waals surface area contributed by atoms with Crippen LogP contribution in [-0.2, 0) is 16.0 Å². The zero-order chi connectivity index (χ0) is 18.7. The molecule has 0 fully saturated rings. The van der Waals surface area contributed by atoms with Crippen LogP contribution in [0.1, 0.15) is 18.1 Å². The zero-order valence-corrected chi connectivity index (χ0v) is 15.1. The predicted molar refractivity (Wildman–Crippen MR) is 98.5 cm³/mol. The van der Waals surface area contributed by atoms with Gasteiger partial charge in [-0.2, -0.15) is 0 Å². The fourth-order valence-corrected chi connectivity index (χ4v) is 2.80. The van der Waals surface area contributed by atoms with Crippen molar-refractivity contribution in [3.63, 3.8) is 0 Å². The molecule has 2 amide bonds. The highest BCUT2D eigenvalue weighted by Gasteiger charge is 2.47. The topological polar surface area (TPSA) is 76.7 Å². The number of ether oxygens (including phenoxy) is 2. The highest BCUT2D eigenvalue weighted by Crippen LogP contribution is 2.34. The first-order valence-electron chi connectivity index (χ1n) is 8.45. The normalized spacial score (nSPS) is 18.3. The fourth-order valence-electron chi connectivity index (χ4n) is 2.80. The van der Waals surface area contributed by atoms with Crippen LogP contribution in [0.2, 0.25) is 0 Å². The van der Waals surface area contributed by atoms with Crippen molar-refractivity contribution in [3.05, 3.63) is 53.6 Å². The van der Waals surface area contributed by atoms with E-state index in [1.165, 1.54) is 6.92 Å². The quantitative estimate of drug-likeness (QED) is 0.809. The largest absolute Gasteiger partial charge is 0.497 e. The van der Waals surface area contributed by atoms with Gasteiger partial charge in [-0.1, -0.05) is 18.2 Å². The fraction of sp³-hybridized carbons (Fsp3) is 0.300. The van der Waals surface area contributed by atoms with E-state index in [-0.39, 0.29) is 0 Å². The minimum absolute atomic E-state index is 0.388. The van der Waals surface area contributed by atoms with Crippen LogP contribution >= 0.6 is 0 Å². The van der Waals surface area contributed by atoms with Crippen molar-refractivity contribution in [1.29, 1.82) is 0 Å². The Hall–Kier alpha value is -3.02. The van der Waals surface area contributed by atoms with Gasteiger partial charge in [0.05, 0.1) is 12.8 Å². The Labute approximate surface area is 152 Å². The van der Waals surface area contributed by atoms with E-state index in [0.29, 0.717) is 24.4 Å². The minimum atomic E-state index is -1.60. The molecule has 1 atom stereocenters. The molecule has 136 valence electrons. The summed E-state index contributed by atoms with van der Waals surface area (Å²) < 4.78 is 10.9. The van der Waals surface area contributed by atoms with E-state index in [9.17, 15) is 9.59 Å². The van der Waals surface area contributed by atoms with Gasteiger partial charge in [-0.05, 0) is 55.7 Å². The molecule has 3 rings (SSSR count). The molecule has 2 N–H and O–H groups in total. The van der Waals surface area contributed by atoms with Gasteiger partial charge in [0.2, 0.25) is 0 Å². The molecule has 26 heavy (non-hydrogen) atoms. The molecular formula is C20H22N2O4. The number of benzene rings is 2. The van der Waals surface area contributed by atoms with Crippen LogP contribution in [-0.4, -0.2) is 31.1 Å². The number of methoxy groups -OCH3 is 1. The maximum Gasteiger partial charge on any atom is 0.278 e. The first-order chi connectivity index (χ1) is 12.4. The van der Waals surface area contributed by atoms with Crippen LogP contribution in [0.4, 0.5) is 5.69 Å². The van der Waals surface area contributed by atoms with Gasteiger partial charge >= 0.3 is 0 Å². The summed E-state index contributed by atoms with van der Waals surface area (Å²) in [5, 5.41) is 5.54. The summed E-state index contributed by atoms with van der Waals surface area (Å²) in [6.07, 6.45) is 0.621. The van der Waals surface area contributed by atoms with Crippen molar-refractivity contribution >= 4 is 17.5 Å². The summed E-state index contributed by atoms with van der Waals surface area (Å²) in [6.45, 7) is 3.79. The molecule has 1 heterocycles. The van der Waals surface area contributed by atoms with E-state index in [0.717, 1.165) is 16.9 Å². The molecule has 0 spiro atoms. The Morgan fingerprint density at radius 3 is 2.85 bits per heavy atom. The van der Waals surface area contributed by atoms with Gasteiger partial charge in [-0.25, -0.2) is 0 Å². The van der Waals surface area contributed by atoms with Gasteiger partial charge in [-0.15, -0.1) is 0 Å². The van der Waals surface area contributed by atoms with Crippen LogP contribution in [0.15, 0.2) is 42.5 Å². The lowest BCUT2D eigenvalue weighted by Crippen LogP contribution is -2.58. The molecule has 0 radical (unpaired) electrons. The standard InChI is InChI=1S/C20H22N2O4/c1-13-7-8-17-16(11-13)22-19(24)20(2,26-17)18(23)21-10-9-14-5-4-6-15(12-14)25-3/h4-8,11-12H,9-10H2,1-3H3,(H,21,23)(H,22,24). The number of anilines is 1. The molecule has 1 unspecified atom stereocenters. The summed E-state index contributed by atoms with van der Waals surface area (Å²) in [7, 11) is 1.61. The van der Waals surface area contributed by atoms with Gasteiger partial charge < -0.3 is 20.1 Å². The van der Waals surface area contributed by atoms with Gasteiger partial charge in [0, 0.05) is 6.54 Å². The van der Waals surface area contributed by atoms with Gasteiger partial charge in [0.1, 0.15) is 11.5 Å². The first-order valence-corrected chi connectivity index (χ1v) is 8.45. The monoisotopic (exact) mass is 354 g/mol. The summed E-state index contributed by atoms with van der Waals surface area (Å²) in [5.74, 6) is 0.307. The zero-order valence-electron chi connectivity index (χ0n) is 15.1. The van der Waals surface area contributed by atoms with Crippen molar-refractivity contribution in [2.24, 2.45) is 0 Å². The number of aryl methyl sites for hydroxylation is 1. The molecular weight excluding hydrogens is 332 g/mol. The number of rotatable bonds is 5. The van der Waals surface area contributed by atoms with Gasteiger partial charge in [0.25, 0.3) is 17.4 Å². The second kappa shape index (κ2) is 7.07. The van der Waals surface area contributed by atoms with E-state index in [2.05, 4.69) is 10.6 Å². The molecule has 0 aromatic heterocycles. The third-order valence-corrected chi connectivity index (χ3v) is 4.40. The highest BCUT2D eigenvalue weighted by atomic mass is 16.5. The molecule has 0 saturated heterocycles. The van der Waals surface area contributed by atoms with Crippen LogP contribution in [0.25, 0.3) is 0 Å². The Balaban J connectivity index is 1.65. The third kappa shape index (κ3) is 3.49. The SMILES string of the molecule is COc1cccc(CCNC(=O)C2(C)Oc3ccc(C)cc3NC2=O)c1. The molecule has 2 aromatic rings. The van der Waals surface area contributed by atoms with Crippen molar-refractivity contribution in [2.45, 2.75) is 25.9 Å². The van der Waals surface area contributed by atoms with Crippen molar-refractivity contribution in [1.82, 2.24) is 5.32 Å². The lowest BCUT2D eigenvalue weighted by atomic mass is 10.0. The van der Waals surface area contributed by atoms with Gasteiger partial charge in [-0.3, -0.25) is 9.59 Å². The molecule has 1 aliphatic heterocycles. The van der Waals surface area contributed by atoms with Crippen molar-refractivity contribution < 1.29 is 19.1 Å². The smallest absolute Gasteiger partial charge is 0.278 e. The lowest BCUT2D eigenvalue weighted by Gasteiger charge is -2.33. The number of fused-ring (bicyclic) bond motifs is 1. The number of amides is 2. The minimum Gasteiger partial charge on any atom is -0.497 e. The van der Waals surface area contributed by atoms with Crippen LogP contribution < -0.4 is 20.1 Å². The number of carbonyl (C=O) groups is 2. The van der Waals surface area contributed by atoms with Crippen LogP contribution in [0, 0.1) is 6.92 Å². The average Bonchev–Trinajstić information content (AvgIpc) is 2.63. The molecule has 0 saturated carbocycles. The number of hydrogen-bond donors (Lipinski definition) is 2. The molecule has 2 aromatic carbocycles. The van der Waals surface area contributed by atoms with E-state index >= 15 is 0 Å². The Bertz CT molecular complexity index is 849. The Morgan fingerprint density at radius 1 is 1.27 bits per heavy atom. The number of hydrogen-bond acceptors (Lipinski definition) is 4. The highest BCUT2D eigenvalue weighted by molar-refractivity contribution is 6.15. The van der Waals surface area contributed by atoms with Crippen molar-refractivity contribution in [3.8, 4) is 11.5 Å². The summed E-state index contributed by atoms with van der Waals surface area (Å²) in [6, 6.07) is 13.1. The van der Waals surface area contributed by atoms with E-state index in [4.69, 9.17) is 9.47 Å². The van der Waals surface area contributed by atoms with Gasteiger partial charge in [0.15, 0.2) is 0 Å². The maximum atomic E-state index is 12.6. The molecule has 0 bridgehead atoms. The van der Waals surface area contributed by atoms with Crippen LogP contribution in [0.5, 0.6) is 11.5 Å². The molecule has 6 heteroatoms. The third-order valence-electron chi connectivity index (χ3n) is 4.40. The average molecular weight is 354 g/mol. The summed E-state index contributed by atoms with van der Waals surface area (Å²) >= 11 is 0. The molecule has 1 aliphatic rings. The molecule has 6 nitrogen and oxygen atoms in total. The van der Waals surface area contributed by atoms with Crippen molar-refractivity contribution in [2.75, 3.05) is 19.0 Å². The van der Waals surface area contributed by atoms with E-state index in [1.807, 2.05) is 43.3 Å². The lowest BCUT2D eigenvalue weighted by molar-refractivity contribution is -0.146. The molecule has 0 aliphatic carbocycles. The second-order valence-electron chi connectivity index (χ2n) is 6.45. The second-order valence-corrected chi connectivity index (χ2v) is 6.45. The predicted octanol–water partition coefficient (Wildman–Crippen LogP) is 2.45. The summed E-state index contributed by atoms with van der Waals surface area (Å²) in [5.41, 5.74) is 1.01. The summed E-state index contributed by atoms with van der Waals surface area (Å²) in [4.78, 5) is 25.0. The number of nitrogens with one attached hydrogen (secondary N) is 2. The van der Waals surface area contributed by atoms with E-state index in [1.54, 1.807) is 13.2 Å².